The van der Waals surface area contributed by atoms with Gasteiger partial charge < -0.3 is 15.2 Å². The Morgan fingerprint density at radius 2 is 2.00 bits per heavy atom. The van der Waals surface area contributed by atoms with E-state index in [4.69, 9.17) is 15.2 Å². The molecule has 0 unspecified atom stereocenters. The van der Waals surface area contributed by atoms with Gasteiger partial charge in [-0.25, -0.2) is 4.79 Å². The molecule has 0 bridgehead atoms. The smallest absolute Gasteiger partial charge is 0.432 e. The second-order valence-electron chi connectivity index (χ2n) is 3.69. The minimum atomic E-state index is -0.663. The summed E-state index contributed by atoms with van der Waals surface area (Å²) in [6, 6.07) is 0. The van der Waals surface area contributed by atoms with Crippen molar-refractivity contribution in [2.75, 3.05) is 6.61 Å². The number of nitrogens with two attached hydrogens (primary N) is 1. The van der Waals surface area contributed by atoms with E-state index in [2.05, 4.69) is 0 Å². The normalized spacial score (nSPS) is 11.5. The van der Waals surface area contributed by atoms with Crippen molar-refractivity contribution < 1.29 is 14.3 Å². The third-order valence-corrected chi connectivity index (χ3v) is 0.894. The number of carbonyl (C=O) groups is 1. The summed E-state index contributed by atoms with van der Waals surface area (Å²) in [5.41, 5.74) is 5.08. The summed E-state index contributed by atoms with van der Waals surface area (Å²) in [5, 5.41) is 0. The van der Waals surface area contributed by atoms with Crippen LogP contribution in [0.5, 0.6) is 0 Å². The minimum absolute atomic E-state index is 0.154. The van der Waals surface area contributed by atoms with Gasteiger partial charge in [-0.2, -0.15) is 0 Å². The molecule has 0 aliphatic heterocycles. The maximum absolute atomic E-state index is 10.8. The summed E-state index contributed by atoms with van der Waals surface area (Å²) in [6.45, 7) is 7.23. The fraction of sp³-hybridized carbons (Fsp3) is 0.875. The van der Waals surface area contributed by atoms with Gasteiger partial charge in [-0.05, 0) is 27.7 Å². The predicted molar refractivity (Wildman–Crippen MR) is 45.8 cm³/mol. The zero-order valence-electron chi connectivity index (χ0n) is 8.09. The van der Waals surface area contributed by atoms with Crippen molar-refractivity contribution >= 4 is 6.16 Å². The summed E-state index contributed by atoms with van der Waals surface area (Å²) in [4.78, 5) is 10.8. The maximum Gasteiger partial charge on any atom is 0.508 e. The van der Waals surface area contributed by atoms with Crippen molar-refractivity contribution in [2.24, 2.45) is 5.73 Å². The van der Waals surface area contributed by atoms with Crippen molar-refractivity contribution in [1.29, 1.82) is 0 Å². The molecule has 0 aromatic rings. The van der Waals surface area contributed by atoms with Crippen LogP contribution in [0.2, 0.25) is 0 Å². The fourth-order valence-corrected chi connectivity index (χ4v) is 0.471. The molecule has 0 saturated heterocycles. The van der Waals surface area contributed by atoms with E-state index in [-0.39, 0.29) is 12.7 Å². The van der Waals surface area contributed by atoms with Gasteiger partial charge in [0.2, 0.25) is 0 Å². The first-order valence-electron chi connectivity index (χ1n) is 3.93. The predicted octanol–water partition coefficient (Wildman–Crippen LogP) is 1.29. The molecule has 72 valence electrons. The molecule has 0 radical (unpaired) electrons. The molecule has 0 aliphatic rings. The molecule has 0 atom stereocenters. The van der Waals surface area contributed by atoms with Crippen LogP contribution in [0.4, 0.5) is 4.79 Å². The van der Waals surface area contributed by atoms with E-state index < -0.39 is 11.7 Å². The zero-order valence-corrected chi connectivity index (χ0v) is 8.09. The Kier molecular flexibility index (Phi) is 4.03. The van der Waals surface area contributed by atoms with E-state index in [1.54, 1.807) is 27.7 Å². The van der Waals surface area contributed by atoms with Crippen LogP contribution in [-0.4, -0.2) is 24.4 Å². The molecule has 0 aromatic heterocycles. The molecular formula is C8H17NO3. The molecule has 4 nitrogen and oxygen atoms in total. The topological polar surface area (TPSA) is 61.5 Å². The molecule has 0 heterocycles. The van der Waals surface area contributed by atoms with Crippen LogP contribution >= 0.6 is 0 Å². The third kappa shape index (κ3) is 7.34. The number of ether oxygens (including phenoxy) is 2. The molecule has 2 N–H and O–H groups in total. The van der Waals surface area contributed by atoms with E-state index in [1.807, 2.05) is 0 Å². The first-order chi connectivity index (χ1) is 5.31. The first kappa shape index (κ1) is 11.2. The van der Waals surface area contributed by atoms with Gasteiger partial charge in [0, 0.05) is 5.54 Å². The lowest BCUT2D eigenvalue weighted by Gasteiger charge is -2.18. The highest BCUT2D eigenvalue weighted by molar-refractivity contribution is 5.60. The van der Waals surface area contributed by atoms with E-state index in [9.17, 15) is 4.79 Å². The van der Waals surface area contributed by atoms with Crippen LogP contribution in [0.15, 0.2) is 0 Å². The van der Waals surface area contributed by atoms with Crippen LogP contribution < -0.4 is 5.73 Å². The Bertz CT molecular complexity index is 149. The van der Waals surface area contributed by atoms with Crippen LogP contribution in [0.25, 0.3) is 0 Å². The van der Waals surface area contributed by atoms with Gasteiger partial charge in [0.25, 0.3) is 0 Å². The van der Waals surface area contributed by atoms with E-state index in [1.165, 1.54) is 0 Å². The Hall–Kier alpha value is -0.770. The number of hydrogen-bond donors (Lipinski definition) is 1. The molecule has 0 fully saturated rings. The van der Waals surface area contributed by atoms with Gasteiger partial charge in [0.15, 0.2) is 0 Å². The lowest BCUT2D eigenvalue weighted by molar-refractivity contribution is 0.0248. The molecule has 4 heteroatoms. The van der Waals surface area contributed by atoms with Gasteiger partial charge in [-0.3, -0.25) is 0 Å². The van der Waals surface area contributed by atoms with Gasteiger partial charge in [-0.15, -0.1) is 0 Å². The molecule has 0 rings (SSSR count). The van der Waals surface area contributed by atoms with Crippen molar-refractivity contribution in [3.05, 3.63) is 0 Å². The molecule has 0 amide bonds. The Labute approximate surface area is 73.0 Å². The number of carbonyl (C=O) groups excluding carboxylic acids is 1. The summed E-state index contributed by atoms with van der Waals surface area (Å²) in [6.07, 6.45) is -0.818. The molecule has 12 heavy (non-hydrogen) atoms. The van der Waals surface area contributed by atoms with E-state index in [0.29, 0.717) is 0 Å². The average molecular weight is 175 g/mol. The highest BCUT2D eigenvalue weighted by Crippen LogP contribution is 1.99. The minimum Gasteiger partial charge on any atom is -0.432 e. The van der Waals surface area contributed by atoms with E-state index in [0.717, 1.165) is 0 Å². The van der Waals surface area contributed by atoms with Crippen LogP contribution in [0, 0.1) is 0 Å². The Morgan fingerprint density at radius 3 is 2.33 bits per heavy atom. The summed E-state index contributed by atoms with van der Waals surface area (Å²) in [5.74, 6) is 0. The summed E-state index contributed by atoms with van der Waals surface area (Å²) < 4.78 is 9.46. The van der Waals surface area contributed by atoms with Gasteiger partial charge in [0.05, 0.1) is 6.10 Å². The maximum atomic E-state index is 10.8. The summed E-state index contributed by atoms with van der Waals surface area (Å²) >= 11 is 0. The average Bonchev–Trinajstić information content (AvgIpc) is 1.80. The highest BCUT2D eigenvalue weighted by atomic mass is 16.7. The SMILES string of the molecule is CC(C)OC(=O)OCC(C)(C)N. The van der Waals surface area contributed by atoms with Crippen LogP contribution in [-0.2, 0) is 9.47 Å². The Balaban J connectivity index is 3.58. The summed E-state index contributed by atoms with van der Waals surface area (Å²) in [7, 11) is 0. The lowest BCUT2D eigenvalue weighted by atomic mass is 10.1. The Morgan fingerprint density at radius 1 is 1.50 bits per heavy atom. The molecule has 0 aliphatic carbocycles. The van der Waals surface area contributed by atoms with Crippen LogP contribution in [0.1, 0.15) is 27.7 Å². The standard InChI is InChI=1S/C8H17NO3/c1-6(2)12-7(10)11-5-8(3,4)9/h6H,5,9H2,1-4H3. The first-order valence-corrected chi connectivity index (χ1v) is 3.93. The molecule has 0 aromatic carbocycles. The van der Waals surface area contributed by atoms with Crippen molar-refractivity contribution in [3.8, 4) is 0 Å². The van der Waals surface area contributed by atoms with E-state index >= 15 is 0 Å². The third-order valence-electron chi connectivity index (χ3n) is 0.894. The van der Waals surface area contributed by atoms with Crippen molar-refractivity contribution in [1.82, 2.24) is 0 Å². The van der Waals surface area contributed by atoms with Crippen LogP contribution in [0.3, 0.4) is 0 Å². The van der Waals surface area contributed by atoms with Crippen molar-refractivity contribution in [3.63, 3.8) is 0 Å². The second-order valence-corrected chi connectivity index (χ2v) is 3.69. The quantitative estimate of drug-likeness (QED) is 0.656. The molecule has 0 saturated carbocycles. The molecule has 0 spiro atoms. The van der Waals surface area contributed by atoms with Gasteiger partial charge in [-0.1, -0.05) is 0 Å². The fourth-order valence-electron chi connectivity index (χ4n) is 0.471. The largest absolute Gasteiger partial charge is 0.508 e. The van der Waals surface area contributed by atoms with Gasteiger partial charge >= 0.3 is 6.16 Å². The number of hydrogen-bond acceptors (Lipinski definition) is 4. The zero-order chi connectivity index (χ0) is 9.78. The lowest BCUT2D eigenvalue weighted by Crippen LogP contribution is -2.38. The monoisotopic (exact) mass is 175 g/mol. The van der Waals surface area contributed by atoms with Crippen molar-refractivity contribution in [2.45, 2.75) is 39.3 Å². The highest BCUT2D eigenvalue weighted by Gasteiger charge is 2.15. The molecular weight excluding hydrogens is 158 g/mol. The van der Waals surface area contributed by atoms with Gasteiger partial charge in [0.1, 0.15) is 6.61 Å². The number of rotatable bonds is 3. The second kappa shape index (κ2) is 4.30.